The molecular formula is C18H22N2OS. The van der Waals surface area contributed by atoms with Crippen LogP contribution in [0.15, 0.2) is 65.6 Å². The Morgan fingerprint density at radius 2 is 1.59 bits per heavy atom. The molecule has 0 saturated carbocycles. The lowest BCUT2D eigenvalue weighted by Crippen LogP contribution is -2.38. The molecule has 4 heteroatoms. The van der Waals surface area contributed by atoms with Crippen LogP contribution in [0.2, 0.25) is 0 Å². The molecule has 1 amide bonds. The first-order valence-corrected chi connectivity index (χ1v) is 8.48. The fourth-order valence-electron chi connectivity index (χ4n) is 2.18. The summed E-state index contributed by atoms with van der Waals surface area (Å²) in [6.07, 6.45) is 0.864. The van der Waals surface area contributed by atoms with E-state index < -0.39 is 0 Å². The highest BCUT2D eigenvalue weighted by atomic mass is 32.2. The lowest BCUT2D eigenvalue weighted by atomic mass is 10.1. The molecule has 0 aliphatic carbocycles. The Bertz CT molecular complexity index is 560. The van der Waals surface area contributed by atoms with E-state index in [-0.39, 0.29) is 5.91 Å². The van der Waals surface area contributed by atoms with Gasteiger partial charge in [0.15, 0.2) is 0 Å². The highest BCUT2D eigenvalue weighted by molar-refractivity contribution is 8.00. The Hall–Kier alpha value is -1.78. The Balaban J connectivity index is 1.85. The second-order valence-corrected chi connectivity index (χ2v) is 6.06. The fraction of sp³-hybridized carbons (Fsp3) is 0.278. The summed E-state index contributed by atoms with van der Waals surface area (Å²) in [6.45, 7) is 1.83. The lowest BCUT2D eigenvalue weighted by Gasteiger charge is -2.22. The molecule has 2 aromatic rings. The number of thioether (sulfide) groups is 1. The van der Waals surface area contributed by atoms with E-state index in [1.54, 1.807) is 11.8 Å². The first-order chi connectivity index (χ1) is 10.8. The number of nitrogens with two attached hydrogens (primary N) is 1. The van der Waals surface area contributed by atoms with Crippen LogP contribution >= 0.6 is 11.8 Å². The highest BCUT2D eigenvalue weighted by Gasteiger charge is 2.13. The van der Waals surface area contributed by atoms with Crippen LogP contribution in [0.3, 0.4) is 0 Å². The zero-order chi connectivity index (χ0) is 15.6. The summed E-state index contributed by atoms with van der Waals surface area (Å²) in [5.74, 6) is 0.606. The topological polar surface area (TPSA) is 46.3 Å². The normalized spacial score (nSPS) is 10.4. The Morgan fingerprint density at radius 3 is 2.23 bits per heavy atom. The summed E-state index contributed by atoms with van der Waals surface area (Å²) in [7, 11) is 0. The second-order valence-electron chi connectivity index (χ2n) is 5.01. The molecule has 0 saturated heterocycles. The van der Waals surface area contributed by atoms with E-state index in [1.807, 2.05) is 53.4 Å². The van der Waals surface area contributed by atoms with Crippen LogP contribution in [0, 0.1) is 0 Å². The number of hydrogen-bond donors (Lipinski definition) is 1. The molecular weight excluding hydrogens is 292 g/mol. The maximum Gasteiger partial charge on any atom is 0.232 e. The average molecular weight is 314 g/mol. The SMILES string of the molecule is NCCN(CCc1ccccc1)C(=O)CSc1ccccc1. The van der Waals surface area contributed by atoms with Gasteiger partial charge in [-0.2, -0.15) is 0 Å². The van der Waals surface area contributed by atoms with E-state index in [0.717, 1.165) is 17.9 Å². The van der Waals surface area contributed by atoms with Gasteiger partial charge in [0.05, 0.1) is 5.75 Å². The molecule has 0 radical (unpaired) electrons. The average Bonchev–Trinajstić information content (AvgIpc) is 2.58. The predicted molar refractivity (Wildman–Crippen MR) is 92.9 cm³/mol. The summed E-state index contributed by atoms with van der Waals surface area (Å²) in [4.78, 5) is 15.4. The molecule has 22 heavy (non-hydrogen) atoms. The Morgan fingerprint density at radius 1 is 0.955 bits per heavy atom. The van der Waals surface area contributed by atoms with Crippen molar-refractivity contribution in [1.82, 2.24) is 4.90 Å². The van der Waals surface area contributed by atoms with Crippen molar-refractivity contribution in [2.75, 3.05) is 25.4 Å². The molecule has 3 nitrogen and oxygen atoms in total. The number of benzene rings is 2. The first kappa shape index (κ1) is 16.6. The number of carbonyl (C=O) groups excluding carboxylic acids is 1. The minimum absolute atomic E-state index is 0.148. The summed E-state index contributed by atoms with van der Waals surface area (Å²) < 4.78 is 0. The molecule has 2 aromatic carbocycles. The number of amides is 1. The van der Waals surface area contributed by atoms with Gasteiger partial charge in [0.1, 0.15) is 0 Å². The largest absolute Gasteiger partial charge is 0.340 e. The minimum atomic E-state index is 0.148. The quantitative estimate of drug-likeness (QED) is 0.762. The zero-order valence-corrected chi connectivity index (χ0v) is 13.5. The van der Waals surface area contributed by atoms with Crippen molar-refractivity contribution in [3.05, 3.63) is 66.2 Å². The minimum Gasteiger partial charge on any atom is -0.340 e. The number of nitrogens with zero attached hydrogens (tertiary/aromatic N) is 1. The predicted octanol–water partition coefficient (Wildman–Crippen LogP) is 2.81. The summed E-state index contributed by atoms with van der Waals surface area (Å²) >= 11 is 1.57. The van der Waals surface area contributed by atoms with Crippen LogP contribution in [0.1, 0.15) is 5.56 Å². The van der Waals surface area contributed by atoms with Crippen LogP contribution in [-0.4, -0.2) is 36.2 Å². The summed E-state index contributed by atoms with van der Waals surface area (Å²) in [5.41, 5.74) is 6.89. The zero-order valence-electron chi connectivity index (χ0n) is 12.7. The highest BCUT2D eigenvalue weighted by Crippen LogP contribution is 2.17. The van der Waals surface area contributed by atoms with Gasteiger partial charge in [0.2, 0.25) is 5.91 Å². The monoisotopic (exact) mass is 314 g/mol. The molecule has 116 valence electrons. The van der Waals surface area contributed by atoms with E-state index in [9.17, 15) is 4.79 Å². The molecule has 0 bridgehead atoms. The van der Waals surface area contributed by atoms with Crippen molar-refractivity contribution in [2.45, 2.75) is 11.3 Å². The van der Waals surface area contributed by atoms with E-state index in [1.165, 1.54) is 5.56 Å². The van der Waals surface area contributed by atoms with Crippen LogP contribution < -0.4 is 5.73 Å². The van der Waals surface area contributed by atoms with Gasteiger partial charge in [-0.15, -0.1) is 11.8 Å². The molecule has 0 aliphatic heterocycles. The van der Waals surface area contributed by atoms with Crippen LogP contribution in [-0.2, 0) is 11.2 Å². The standard InChI is InChI=1S/C18H22N2OS/c19-12-14-20(13-11-16-7-3-1-4-8-16)18(21)15-22-17-9-5-2-6-10-17/h1-10H,11-15,19H2. The number of carbonyl (C=O) groups is 1. The van der Waals surface area contributed by atoms with Gasteiger partial charge in [-0.25, -0.2) is 0 Å². The summed E-state index contributed by atoms with van der Waals surface area (Å²) in [6, 6.07) is 20.2. The molecule has 2 N–H and O–H groups in total. The van der Waals surface area contributed by atoms with Gasteiger partial charge in [0, 0.05) is 24.5 Å². The maximum atomic E-state index is 12.4. The van der Waals surface area contributed by atoms with Crippen LogP contribution in [0.25, 0.3) is 0 Å². The lowest BCUT2D eigenvalue weighted by molar-refractivity contribution is -0.128. The van der Waals surface area contributed by atoms with Gasteiger partial charge in [-0.05, 0) is 24.1 Å². The molecule has 0 unspecified atom stereocenters. The maximum absolute atomic E-state index is 12.4. The van der Waals surface area contributed by atoms with Gasteiger partial charge in [-0.3, -0.25) is 4.79 Å². The van der Waals surface area contributed by atoms with E-state index in [4.69, 9.17) is 5.73 Å². The molecule has 0 aliphatic rings. The fourth-order valence-corrected chi connectivity index (χ4v) is 3.00. The summed E-state index contributed by atoms with van der Waals surface area (Å²) in [5, 5.41) is 0. The van der Waals surface area contributed by atoms with Gasteiger partial charge < -0.3 is 10.6 Å². The van der Waals surface area contributed by atoms with Gasteiger partial charge in [-0.1, -0.05) is 48.5 Å². The van der Waals surface area contributed by atoms with Gasteiger partial charge in [0.25, 0.3) is 0 Å². The third kappa shape index (κ3) is 5.54. The molecule has 0 fully saturated rings. The van der Waals surface area contributed by atoms with Crippen molar-refractivity contribution in [2.24, 2.45) is 5.73 Å². The van der Waals surface area contributed by atoms with E-state index >= 15 is 0 Å². The Kier molecular flexibility index (Phi) is 7.00. The molecule has 0 heterocycles. The Labute approximate surface area is 136 Å². The van der Waals surface area contributed by atoms with Crippen molar-refractivity contribution in [3.63, 3.8) is 0 Å². The van der Waals surface area contributed by atoms with Crippen molar-refractivity contribution in [1.29, 1.82) is 0 Å². The van der Waals surface area contributed by atoms with E-state index in [2.05, 4.69) is 12.1 Å². The number of hydrogen-bond acceptors (Lipinski definition) is 3. The first-order valence-electron chi connectivity index (χ1n) is 7.49. The van der Waals surface area contributed by atoms with Crippen molar-refractivity contribution in [3.8, 4) is 0 Å². The molecule has 2 rings (SSSR count). The van der Waals surface area contributed by atoms with E-state index in [0.29, 0.717) is 18.8 Å². The molecule has 0 spiro atoms. The molecule has 0 aromatic heterocycles. The van der Waals surface area contributed by atoms with Crippen LogP contribution in [0.5, 0.6) is 0 Å². The second kappa shape index (κ2) is 9.28. The van der Waals surface area contributed by atoms with Crippen LogP contribution in [0.4, 0.5) is 0 Å². The number of rotatable bonds is 8. The van der Waals surface area contributed by atoms with Crippen molar-refractivity contribution >= 4 is 17.7 Å². The third-order valence-corrected chi connectivity index (χ3v) is 4.37. The smallest absolute Gasteiger partial charge is 0.232 e. The third-order valence-electron chi connectivity index (χ3n) is 3.37. The molecule has 0 atom stereocenters. The van der Waals surface area contributed by atoms with Gasteiger partial charge >= 0.3 is 0 Å². The van der Waals surface area contributed by atoms with Crippen molar-refractivity contribution < 1.29 is 4.79 Å².